The van der Waals surface area contributed by atoms with Crippen molar-refractivity contribution in [1.29, 1.82) is 0 Å². The molecule has 1 aromatic carbocycles. The molecule has 3 heteroatoms. The van der Waals surface area contributed by atoms with Gasteiger partial charge >= 0.3 is 5.97 Å². The fourth-order valence-corrected chi connectivity index (χ4v) is 1.11. The standard InChI is InChI=1S/C11H11NO2/c1-12-8-7-9-3-5-10(6-4-9)11(13)14-2/h3-6H,7-8H2,2H3. The largest absolute Gasteiger partial charge is 0.465 e. The van der Waals surface area contributed by atoms with E-state index in [4.69, 9.17) is 6.57 Å². The summed E-state index contributed by atoms with van der Waals surface area (Å²) >= 11 is 0. The van der Waals surface area contributed by atoms with Crippen molar-refractivity contribution in [3.8, 4) is 0 Å². The number of ether oxygens (including phenoxy) is 1. The third-order valence-corrected chi connectivity index (χ3v) is 1.89. The van der Waals surface area contributed by atoms with Crippen LogP contribution >= 0.6 is 0 Å². The van der Waals surface area contributed by atoms with Gasteiger partial charge in [0.25, 0.3) is 0 Å². The molecule has 0 heterocycles. The molecule has 72 valence electrons. The molecule has 0 amide bonds. The monoisotopic (exact) mass is 189 g/mol. The number of carbonyl (C=O) groups is 1. The van der Waals surface area contributed by atoms with Gasteiger partial charge in [-0.15, -0.1) is 0 Å². The van der Waals surface area contributed by atoms with Gasteiger partial charge < -0.3 is 9.58 Å². The van der Waals surface area contributed by atoms with Crippen molar-refractivity contribution in [2.24, 2.45) is 0 Å². The third kappa shape index (κ3) is 2.60. The second kappa shape index (κ2) is 5.03. The zero-order valence-electron chi connectivity index (χ0n) is 7.99. The molecule has 0 saturated heterocycles. The fraction of sp³-hybridized carbons (Fsp3) is 0.273. The molecule has 0 atom stereocenters. The third-order valence-electron chi connectivity index (χ3n) is 1.89. The minimum Gasteiger partial charge on any atom is -0.465 e. The minimum atomic E-state index is -0.332. The van der Waals surface area contributed by atoms with Crippen LogP contribution in [0, 0.1) is 6.57 Å². The van der Waals surface area contributed by atoms with E-state index in [1.165, 1.54) is 7.11 Å². The lowest BCUT2D eigenvalue weighted by Crippen LogP contribution is -2.01. The Labute approximate surface area is 83.1 Å². The summed E-state index contributed by atoms with van der Waals surface area (Å²) in [5, 5.41) is 0. The Morgan fingerprint density at radius 3 is 2.57 bits per heavy atom. The molecule has 0 fully saturated rings. The van der Waals surface area contributed by atoms with E-state index in [1.807, 2.05) is 12.1 Å². The molecule has 0 aliphatic carbocycles. The Kier molecular flexibility index (Phi) is 3.69. The van der Waals surface area contributed by atoms with Crippen molar-refractivity contribution in [2.45, 2.75) is 6.42 Å². The molecule has 0 unspecified atom stereocenters. The molecule has 0 radical (unpaired) electrons. The summed E-state index contributed by atoms with van der Waals surface area (Å²) in [6, 6.07) is 7.12. The van der Waals surface area contributed by atoms with Crippen molar-refractivity contribution in [2.75, 3.05) is 13.7 Å². The van der Waals surface area contributed by atoms with Crippen molar-refractivity contribution in [3.05, 3.63) is 46.8 Å². The van der Waals surface area contributed by atoms with Gasteiger partial charge in [0.2, 0.25) is 6.54 Å². The van der Waals surface area contributed by atoms with Gasteiger partial charge in [-0.25, -0.2) is 11.4 Å². The van der Waals surface area contributed by atoms with E-state index < -0.39 is 0 Å². The number of hydrogen-bond donors (Lipinski definition) is 0. The van der Waals surface area contributed by atoms with Crippen LogP contribution in [0.25, 0.3) is 4.85 Å². The van der Waals surface area contributed by atoms with E-state index in [1.54, 1.807) is 12.1 Å². The minimum absolute atomic E-state index is 0.332. The van der Waals surface area contributed by atoms with Gasteiger partial charge in [-0.3, -0.25) is 0 Å². The summed E-state index contributed by atoms with van der Waals surface area (Å²) in [7, 11) is 1.36. The Morgan fingerprint density at radius 2 is 2.07 bits per heavy atom. The summed E-state index contributed by atoms with van der Waals surface area (Å²) in [4.78, 5) is 14.3. The summed E-state index contributed by atoms with van der Waals surface area (Å²) in [5.41, 5.74) is 1.60. The topological polar surface area (TPSA) is 30.7 Å². The fourth-order valence-electron chi connectivity index (χ4n) is 1.11. The van der Waals surface area contributed by atoms with Crippen LogP contribution in [0.5, 0.6) is 0 Å². The van der Waals surface area contributed by atoms with E-state index in [2.05, 4.69) is 9.58 Å². The van der Waals surface area contributed by atoms with Crippen molar-refractivity contribution < 1.29 is 9.53 Å². The van der Waals surface area contributed by atoms with E-state index in [9.17, 15) is 4.79 Å². The van der Waals surface area contributed by atoms with Crippen LogP contribution < -0.4 is 0 Å². The van der Waals surface area contributed by atoms with Gasteiger partial charge in [0.05, 0.1) is 12.7 Å². The van der Waals surface area contributed by atoms with Crippen LogP contribution in [0.1, 0.15) is 15.9 Å². The first-order valence-corrected chi connectivity index (χ1v) is 4.28. The van der Waals surface area contributed by atoms with Crippen LogP contribution in [0.3, 0.4) is 0 Å². The van der Waals surface area contributed by atoms with Gasteiger partial charge in [0, 0.05) is 6.42 Å². The summed E-state index contributed by atoms with van der Waals surface area (Å²) < 4.78 is 4.57. The Hall–Kier alpha value is -1.82. The molecular formula is C11H11NO2. The summed E-state index contributed by atoms with van der Waals surface area (Å²) in [6.07, 6.45) is 0.727. The van der Waals surface area contributed by atoms with E-state index in [0.29, 0.717) is 12.1 Å². The quantitative estimate of drug-likeness (QED) is 0.537. The first-order valence-electron chi connectivity index (χ1n) is 4.28. The summed E-state index contributed by atoms with van der Waals surface area (Å²) in [5.74, 6) is -0.332. The van der Waals surface area contributed by atoms with Crippen LogP contribution in [-0.4, -0.2) is 19.6 Å². The molecule has 3 nitrogen and oxygen atoms in total. The number of carbonyl (C=O) groups excluding carboxylic acids is 1. The molecule has 0 aliphatic rings. The van der Waals surface area contributed by atoms with Crippen molar-refractivity contribution in [3.63, 3.8) is 0 Å². The lowest BCUT2D eigenvalue weighted by molar-refractivity contribution is 0.0600. The van der Waals surface area contributed by atoms with E-state index >= 15 is 0 Å². The zero-order chi connectivity index (χ0) is 10.4. The number of rotatable bonds is 3. The Balaban J connectivity index is 2.69. The lowest BCUT2D eigenvalue weighted by atomic mass is 10.1. The Bertz CT molecular complexity index is 349. The first-order chi connectivity index (χ1) is 6.77. The molecule has 14 heavy (non-hydrogen) atoms. The van der Waals surface area contributed by atoms with Crippen molar-refractivity contribution >= 4 is 5.97 Å². The molecule has 1 aromatic rings. The van der Waals surface area contributed by atoms with E-state index in [-0.39, 0.29) is 5.97 Å². The number of benzene rings is 1. The van der Waals surface area contributed by atoms with Crippen LogP contribution in [-0.2, 0) is 11.2 Å². The molecule has 0 saturated carbocycles. The molecule has 0 bridgehead atoms. The van der Waals surface area contributed by atoms with Crippen LogP contribution in [0.15, 0.2) is 24.3 Å². The maximum Gasteiger partial charge on any atom is 0.337 e. The van der Waals surface area contributed by atoms with Crippen LogP contribution in [0.2, 0.25) is 0 Å². The number of methoxy groups -OCH3 is 1. The number of hydrogen-bond acceptors (Lipinski definition) is 2. The molecule has 0 aliphatic heterocycles. The average Bonchev–Trinajstić information content (AvgIpc) is 2.26. The Morgan fingerprint density at radius 1 is 1.43 bits per heavy atom. The van der Waals surface area contributed by atoms with Gasteiger partial charge in [0.15, 0.2) is 0 Å². The highest BCUT2D eigenvalue weighted by Crippen LogP contribution is 2.06. The average molecular weight is 189 g/mol. The highest BCUT2D eigenvalue weighted by atomic mass is 16.5. The highest BCUT2D eigenvalue weighted by Gasteiger charge is 2.04. The summed E-state index contributed by atoms with van der Waals surface area (Å²) in [6.45, 7) is 7.13. The smallest absolute Gasteiger partial charge is 0.337 e. The number of nitrogens with zero attached hydrogens (tertiary/aromatic N) is 1. The van der Waals surface area contributed by atoms with Gasteiger partial charge in [-0.05, 0) is 17.7 Å². The number of esters is 1. The van der Waals surface area contributed by atoms with E-state index in [0.717, 1.165) is 12.0 Å². The van der Waals surface area contributed by atoms with Crippen molar-refractivity contribution in [1.82, 2.24) is 0 Å². The molecule has 0 spiro atoms. The predicted octanol–water partition coefficient (Wildman–Crippen LogP) is 1.93. The highest BCUT2D eigenvalue weighted by molar-refractivity contribution is 5.89. The second-order valence-electron chi connectivity index (χ2n) is 2.82. The first kappa shape index (κ1) is 10.3. The predicted molar refractivity (Wildman–Crippen MR) is 53.0 cm³/mol. The maximum atomic E-state index is 11.1. The SMILES string of the molecule is [C-]#[N+]CCc1ccc(C(=O)OC)cc1. The van der Waals surface area contributed by atoms with Crippen LogP contribution in [0.4, 0.5) is 0 Å². The normalized spacial score (nSPS) is 9.14. The molecular weight excluding hydrogens is 178 g/mol. The maximum absolute atomic E-state index is 11.1. The molecule has 1 rings (SSSR count). The lowest BCUT2D eigenvalue weighted by Gasteiger charge is -1.99. The van der Waals surface area contributed by atoms with Gasteiger partial charge in [-0.2, -0.15) is 0 Å². The second-order valence-corrected chi connectivity index (χ2v) is 2.82. The van der Waals surface area contributed by atoms with Gasteiger partial charge in [-0.1, -0.05) is 12.1 Å². The van der Waals surface area contributed by atoms with Gasteiger partial charge in [0.1, 0.15) is 0 Å². The molecule has 0 N–H and O–H groups in total. The zero-order valence-corrected chi connectivity index (χ0v) is 7.99. The molecule has 0 aromatic heterocycles.